The van der Waals surface area contributed by atoms with Crippen molar-refractivity contribution < 1.29 is 4.79 Å². The van der Waals surface area contributed by atoms with E-state index in [0.717, 1.165) is 18.1 Å². The highest BCUT2D eigenvalue weighted by Gasteiger charge is 2.32. The number of nitrogens with zero attached hydrogens (tertiary/aromatic N) is 6. The zero-order valence-electron chi connectivity index (χ0n) is 14.2. The van der Waals surface area contributed by atoms with Crippen LogP contribution >= 0.6 is 0 Å². The van der Waals surface area contributed by atoms with E-state index in [1.54, 1.807) is 11.8 Å². The summed E-state index contributed by atoms with van der Waals surface area (Å²) in [6, 6.07) is 10.4. The van der Waals surface area contributed by atoms with E-state index >= 15 is 0 Å². The molecule has 0 radical (unpaired) electrons. The van der Waals surface area contributed by atoms with Gasteiger partial charge < -0.3 is 9.47 Å². The Hall–Kier alpha value is -3.03. The molecule has 0 bridgehead atoms. The molecule has 0 aliphatic carbocycles. The van der Waals surface area contributed by atoms with E-state index in [1.165, 1.54) is 5.56 Å². The summed E-state index contributed by atoms with van der Waals surface area (Å²) in [7, 11) is 0. The molecular weight excluding hydrogens is 318 g/mol. The molecule has 0 fully saturated rings. The number of benzene rings is 1. The normalized spacial score (nSPS) is 16.7. The number of fused-ring (bicyclic) bond motifs is 1. The molecule has 128 valence electrons. The Bertz CT molecular complexity index is 899. The van der Waals surface area contributed by atoms with Gasteiger partial charge in [0.25, 0.3) is 5.91 Å². The Morgan fingerprint density at radius 1 is 1.20 bits per heavy atom. The number of rotatable bonds is 3. The summed E-state index contributed by atoms with van der Waals surface area (Å²) in [5, 5.41) is 18.9. The summed E-state index contributed by atoms with van der Waals surface area (Å²) in [5.74, 6) is 1.55. The third-order valence-corrected chi connectivity index (χ3v) is 4.59. The van der Waals surface area contributed by atoms with E-state index in [9.17, 15) is 4.79 Å². The minimum Gasteiger partial charge on any atom is -0.328 e. The smallest absolute Gasteiger partial charge is 0.276 e. The van der Waals surface area contributed by atoms with Crippen LogP contribution in [0.25, 0.3) is 0 Å². The minimum atomic E-state index is -0.129. The van der Waals surface area contributed by atoms with E-state index in [0.29, 0.717) is 24.5 Å². The summed E-state index contributed by atoms with van der Waals surface area (Å²) < 4.78 is 2.15. The fraction of sp³-hybridized carbons (Fsp3) is 0.353. The molecule has 25 heavy (non-hydrogen) atoms. The molecule has 1 aliphatic heterocycles. The molecule has 0 saturated carbocycles. The van der Waals surface area contributed by atoms with Crippen LogP contribution in [0.1, 0.15) is 39.4 Å². The number of aryl methyl sites for hydroxylation is 2. The molecular formula is C17H19N7O. The molecule has 3 aromatic rings. The number of aromatic amines is 1. The second-order valence-electron chi connectivity index (χ2n) is 6.32. The lowest BCUT2D eigenvalue weighted by Gasteiger charge is -2.34. The number of hydrogen-bond acceptors (Lipinski definition) is 5. The van der Waals surface area contributed by atoms with Crippen LogP contribution in [0.2, 0.25) is 0 Å². The number of carbonyl (C=O) groups is 1. The van der Waals surface area contributed by atoms with Gasteiger partial charge in [-0.2, -0.15) is 15.4 Å². The Labute approximate surface area is 144 Å². The number of amides is 1. The van der Waals surface area contributed by atoms with Crippen LogP contribution in [0, 0.1) is 13.8 Å². The lowest BCUT2D eigenvalue weighted by molar-refractivity contribution is 0.0665. The summed E-state index contributed by atoms with van der Waals surface area (Å²) in [6.45, 7) is 4.74. The number of nitrogens with one attached hydrogen (secondary N) is 1. The van der Waals surface area contributed by atoms with Crippen LogP contribution in [0.15, 0.2) is 30.3 Å². The molecule has 1 aliphatic rings. The lowest BCUT2D eigenvalue weighted by atomic mass is 10.0. The van der Waals surface area contributed by atoms with Crippen LogP contribution in [0.3, 0.4) is 0 Å². The van der Waals surface area contributed by atoms with Gasteiger partial charge in [-0.3, -0.25) is 4.79 Å². The van der Waals surface area contributed by atoms with Crippen LogP contribution in [0.5, 0.6) is 0 Å². The molecule has 0 saturated heterocycles. The molecule has 8 heteroatoms. The van der Waals surface area contributed by atoms with Crippen molar-refractivity contribution in [1.82, 2.24) is 35.1 Å². The second-order valence-corrected chi connectivity index (χ2v) is 6.32. The average molecular weight is 337 g/mol. The van der Waals surface area contributed by atoms with Crippen LogP contribution in [-0.2, 0) is 13.0 Å². The number of H-pyrrole nitrogens is 1. The zero-order chi connectivity index (χ0) is 17.4. The van der Waals surface area contributed by atoms with Crippen LogP contribution in [0.4, 0.5) is 0 Å². The quantitative estimate of drug-likeness (QED) is 0.781. The van der Waals surface area contributed by atoms with Crippen molar-refractivity contribution in [2.45, 2.75) is 32.9 Å². The molecule has 8 nitrogen and oxygen atoms in total. The Morgan fingerprint density at radius 3 is 2.72 bits per heavy atom. The Morgan fingerprint density at radius 2 is 2.00 bits per heavy atom. The largest absolute Gasteiger partial charge is 0.328 e. The monoisotopic (exact) mass is 337 g/mol. The maximum Gasteiger partial charge on any atom is 0.276 e. The summed E-state index contributed by atoms with van der Waals surface area (Å²) >= 11 is 0. The SMILES string of the molecule is Cc1n[nH]nc1C(=O)N1Cc2nnc(C)n2[C@H](Cc2ccccc2)C1. The van der Waals surface area contributed by atoms with Crippen molar-refractivity contribution >= 4 is 5.91 Å². The molecule has 4 rings (SSSR count). The van der Waals surface area contributed by atoms with Crippen molar-refractivity contribution in [1.29, 1.82) is 0 Å². The fourth-order valence-corrected chi connectivity index (χ4v) is 3.40. The van der Waals surface area contributed by atoms with Gasteiger partial charge >= 0.3 is 0 Å². The molecule has 1 amide bonds. The molecule has 2 aromatic heterocycles. The van der Waals surface area contributed by atoms with Crippen molar-refractivity contribution in [2.24, 2.45) is 0 Å². The molecule has 1 N–H and O–H groups in total. The molecule has 3 heterocycles. The summed E-state index contributed by atoms with van der Waals surface area (Å²) in [4.78, 5) is 14.6. The average Bonchev–Trinajstić information content (AvgIpc) is 3.21. The number of aromatic nitrogens is 6. The predicted molar refractivity (Wildman–Crippen MR) is 89.8 cm³/mol. The van der Waals surface area contributed by atoms with Gasteiger partial charge in [0.2, 0.25) is 0 Å². The van der Waals surface area contributed by atoms with E-state index in [-0.39, 0.29) is 11.9 Å². The fourth-order valence-electron chi connectivity index (χ4n) is 3.40. The van der Waals surface area contributed by atoms with Gasteiger partial charge in [-0.25, -0.2) is 0 Å². The van der Waals surface area contributed by atoms with Gasteiger partial charge in [-0.15, -0.1) is 10.2 Å². The van der Waals surface area contributed by atoms with Gasteiger partial charge in [0.15, 0.2) is 11.5 Å². The van der Waals surface area contributed by atoms with E-state index in [2.05, 4.69) is 42.3 Å². The Kier molecular flexibility index (Phi) is 3.79. The minimum absolute atomic E-state index is 0.0947. The van der Waals surface area contributed by atoms with Gasteiger partial charge in [0, 0.05) is 6.54 Å². The second kappa shape index (κ2) is 6.12. The van der Waals surface area contributed by atoms with E-state index in [4.69, 9.17) is 0 Å². The first kappa shape index (κ1) is 15.5. The van der Waals surface area contributed by atoms with E-state index in [1.807, 2.05) is 25.1 Å². The number of carbonyl (C=O) groups excluding carboxylic acids is 1. The van der Waals surface area contributed by atoms with Crippen molar-refractivity contribution in [3.05, 3.63) is 58.9 Å². The third-order valence-electron chi connectivity index (χ3n) is 4.59. The topological polar surface area (TPSA) is 92.6 Å². The van der Waals surface area contributed by atoms with Crippen molar-refractivity contribution in [2.75, 3.05) is 6.54 Å². The Balaban J connectivity index is 1.65. The summed E-state index contributed by atoms with van der Waals surface area (Å²) in [5.41, 5.74) is 2.19. The first-order valence-corrected chi connectivity index (χ1v) is 8.24. The number of hydrogen-bond donors (Lipinski definition) is 1. The van der Waals surface area contributed by atoms with Crippen molar-refractivity contribution in [3.63, 3.8) is 0 Å². The summed E-state index contributed by atoms with van der Waals surface area (Å²) in [6.07, 6.45) is 0.814. The first-order chi connectivity index (χ1) is 12.1. The highest BCUT2D eigenvalue weighted by atomic mass is 16.2. The van der Waals surface area contributed by atoms with Crippen molar-refractivity contribution in [3.8, 4) is 0 Å². The molecule has 0 unspecified atom stereocenters. The molecule has 1 atom stereocenters. The van der Waals surface area contributed by atoms with Gasteiger partial charge in [0.05, 0.1) is 18.3 Å². The third kappa shape index (κ3) is 2.79. The predicted octanol–water partition coefficient (Wildman–Crippen LogP) is 1.45. The maximum absolute atomic E-state index is 12.8. The molecule has 0 spiro atoms. The van der Waals surface area contributed by atoms with Gasteiger partial charge in [0.1, 0.15) is 5.82 Å². The van der Waals surface area contributed by atoms with Crippen LogP contribution in [-0.4, -0.2) is 47.5 Å². The maximum atomic E-state index is 12.8. The highest BCUT2D eigenvalue weighted by molar-refractivity contribution is 5.93. The highest BCUT2D eigenvalue weighted by Crippen LogP contribution is 2.26. The van der Waals surface area contributed by atoms with Gasteiger partial charge in [-0.1, -0.05) is 30.3 Å². The standard InChI is InChI=1S/C17H19N7O/c1-11-16(21-22-18-11)17(25)23-9-14(8-13-6-4-3-5-7-13)24-12(2)19-20-15(24)10-23/h3-7,14H,8-10H2,1-2H3,(H,18,21,22)/t14-/m1/s1. The first-order valence-electron chi connectivity index (χ1n) is 8.24. The van der Waals surface area contributed by atoms with Gasteiger partial charge in [-0.05, 0) is 25.8 Å². The lowest BCUT2D eigenvalue weighted by Crippen LogP contribution is -2.42. The molecule has 1 aromatic carbocycles. The van der Waals surface area contributed by atoms with Crippen LogP contribution < -0.4 is 0 Å². The zero-order valence-corrected chi connectivity index (χ0v) is 14.2. The van der Waals surface area contributed by atoms with E-state index < -0.39 is 0 Å².